The van der Waals surface area contributed by atoms with Gasteiger partial charge in [0.25, 0.3) is 10.0 Å². The minimum atomic E-state index is -3.65. The number of benzene rings is 2. The highest BCUT2D eigenvalue weighted by molar-refractivity contribution is 7.89. The fraction of sp³-hybridized carbons (Fsp3) is 0.278. The van der Waals surface area contributed by atoms with E-state index in [9.17, 15) is 8.42 Å². The van der Waals surface area contributed by atoms with Crippen molar-refractivity contribution in [2.75, 3.05) is 0 Å². The van der Waals surface area contributed by atoms with Crippen LogP contribution in [0.4, 0.5) is 0 Å². The van der Waals surface area contributed by atoms with Crippen molar-refractivity contribution in [3.8, 4) is 0 Å². The zero-order chi connectivity index (χ0) is 16.9. The molecule has 0 fully saturated rings. The van der Waals surface area contributed by atoms with Crippen molar-refractivity contribution in [2.45, 2.75) is 32.1 Å². The summed E-state index contributed by atoms with van der Waals surface area (Å²) in [7, 11) is -3.65. The first-order chi connectivity index (χ1) is 10.9. The van der Waals surface area contributed by atoms with Crippen LogP contribution in [-0.2, 0) is 10.0 Å². The van der Waals surface area contributed by atoms with Gasteiger partial charge in [-0.2, -0.15) is 18.4 Å². The van der Waals surface area contributed by atoms with Crippen molar-refractivity contribution >= 4 is 15.7 Å². The molecule has 4 nitrogen and oxygen atoms in total. The van der Waals surface area contributed by atoms with Gasteiger partial charge in [-0.05, 0) is 37.0 Å². The molecular weight excluding hydrogens is 308 g/mol. The second kappa shape index (κ2) is 7.42. The normalized spacial score (nSPS) is 12.4. The lowest BCUT2D eigenvalue weighted by Gasteiger charge is -2.11. The van der Waals surface area contributed by atoms with Crippen molar-refractivity contribution < 1.29 is 8.42 Å². The Morgan fingerprint density at radius 1 is 1.04 bits per heavy atom. The Morgan fingerprint density at radius 2 is 1.65 bits per heavy atom. The van der Waals surface area contributed by atoms with Crippen LogP contribution in [0.15, 0.2) is 64.6 Å². The van der Waals surface area contributed by atoms with Gasteiger partial charge < -0.3 is 0 Å². The van der Waals surface area contributed by atoms with Crippen LogP contribution in [0.3, 0.4) is 0 Å². The molecule has 122 valence electrons. The molecule has 0 heterocycles. The smallest absolute Gasteiger partial charge is 0.200 e. The number of nitrogens with one attached hydrogen (secondary N) is 1. The maximum Gasteiger partial charge on any atom is 0.276 e. The number of hydrogen-bond donors (Lipinski definition) is 1. The fourth-order valence-electron chi connectivity index (χ4n) is 2.13. The number of aryl methyl sites for hydroxylation is 1. The quantitative estimate of drug-likeness (QED) is 0.648. The molecule has 0 radical (unpaired) electrons. The third-order valence-electron chi connectivity index (χ3n) is 3.34. The molecule has 0 aliphatic heterocycles. The minimum absolute atomic E-state index is 0.212. The first-order valence-corrected chi connectivity index (χ1v) is 9.07. The zero-order valence-electron chi connectivity index (χ0n) is 13.7. The lowest BCUT2D eigenvalue weighted by Crippen LogP contribution is -2.21. The van der Waals surface area contributed by atoms with E-state index in [0.717, 1.165) is 16.8 Å². The molecule has 0 spiro atoms. The highest BCUT2D eigenvalue weighted by Crippen LogP contribution is 2.13. The van der Waals surface area contributed by atoms with Crippen molar-refractivity contribution in [3.63, 3.8) is 0 Å². The maximum atomic E-state index is 12.3. The summed E-state index contributed by atoms with van der Waals surface area (Å²) in [6.07, 6.45) is 0.695. The van der Waals surface area contributed by atoms with Crippen molar-refractivity contribution in [2.24, 2.45) is 11.0 Å². The topological polar surface area (TPSA) is 58.5 Å². The van der Waals surface area contributed by atoms with E-state index in [0.29, 0.717) is 12.3 Å². The van der Waals surface area contributed by atoms with E-state index >= 15 is 0 Å². The van der Waals surface area contributed by atoms with E-state index in [1.54, 1.807) is 24.3 Å². The molecule has 0 aromatic heterocycles. The number of hydrogen-bond acceptors (Lipinski definition) is 3. The average Bonchev–Trinajstić information content (AvgIpc) is 2.52. The summed E-state index contributed by atoms with van der Waals surface area (Å²) in [5.41, 5.74) is 2.67. The van der Waals surface area contributed by atoms with Crippen LogP contribution in [-0.4, -0.2) is 14.1 Å². The summed E-state index contributed by atoms with van der Waals surface area (Å²) in [6, 6.07) is 16.3. The van der Waals surface area contributed by atoms with Gasteiger partial charge in [-0.25, -0.2) is 0 Å². The summed E-state index contributed by atoms with van der Waals surface area (Å²) in [5, 5.41) is 4.18. The third-order valence-corrected chi connectivity index (χ3v) is 4.57. The van der Waals surface area contributed by atoms with Crippen molar-refractivity contribution in [3.05, 3.63) is 65.7 Å². The number of rotatable bonds is 6. The van der Waals surface area contributed by atoms with Gasteiger partial charge in [0.2, 0.25) is 0 Å². The Kier molecular flexibility index (Phi) is 5.55. The van der Waals surface area contributed by atoms with Crippen LogP contribution >= 0.6 is 0 Å². The second-order valence-electron chi connectivity index (χ2n) is 5.93. The largest absolute Gasteiger partial charge is 0.276 e. The van der Waals surface area contributed by atoms with E-state index in [1.165, 1.54) is 0 Å². The second-order valence-corrected chi connectivity index (χ2v) is 7.59. The van der Waals surface area contributed by atoms with Crippen molar-refractivity contribution in [1.29, 1.82) is 0 Å². The van der Waals surface area contributed by atoms with Crippen LogP contribution in [0, 0.1) is 12.8 Å². The summed E-state index contributed by atoms with van der Waals surface area (Å²) >= 11 is 0. The van der Waals surface area contributed by atoms with E-state index in [1.807, 2.05) is 37.3 Å². The van der Waals surface area contributed by atoms with Gasteiger partial charge in [-0.1, -0.05) is 61.9 Å². The molecule has 2 aromatic rings. The van der Waals surface area contributed by atoms with Crippen LogP contribution in [0.2, 0.25) is 0 Å². The molecule has 2 aromatic carbocycles. The Labute approximate surface area is 138 Å². The molecule has 23 heavy (non-hydrogen) atoms. The van der Waals surface area contributed by atoms with E-state index < -0.39 is 10.0 Å². The number of hydrazone groups is 1. The molecule has 0 saturated carbocycles. The lowest BCUT2D eigenvalue weighted by atomic mass is 10.0. The van der Waals surface area contributed by atoms with Gasteiger partial charge in [0, 0.05) is 0 Å². The van der Waals surface area contributed by atoms with Crippen LogP contribution in [0.25, 0.3) is 0 Å². The molecule has 0 aliphatic carbocycles. The zero-order valence-corrected chi connectivity index (χ0v) is 14.5. The number of nitrogens with zero attached hydrogens (tertiary/aromatic N) is 1. The van der Waals surface area contributed by atoms with Gasteiger partial charge in [0.05, 0.1) is 10.6 Å². The molecule has 0 unspecified atom stereocenters. The molecule has 0 atom stereocenters. The maximum absolute atomic E-state index is 12.3. The third kappa shape index (κ3) is 4.93. The molecule has 2 rings (SSSR count). The SMILES string of the molecule is Cc1ccc(S(=O)(=O)N/N=C(/CC(C)C)c2ccccc2)cc1. The Balaban J connectivity index is 2.27. The molecule has 0 amide bonds. The highest BCUT2D eigenvalue weighted by Gasteiger charge is 2.14. The molecule has 1 N–H and O–H groups in total. The Morgan fingerprint density at radius 3 is 2.22 bits per heavy atom. The van der Waals surface area contributed by atoms with Gasteiger partial charge in [-0.3, -0.25) is 0 Å². The van der Waals surface area contributed by atoms with Gasteiger partial charge >= 0.3 is 0 Å². The summed E-state index contributed by atoms with van der Waals surface area (Å²) in [6.45, 7) is 6.07. The lowest BCUT2D eigenvalue weighted by molar-refractivity contribution is 0.583. The Bertz CT molecular complexity index is 764. The van der Waals surface area contributed by atoms with Crippen LogP contribution in [0.5, 0.6) is 0 Å². The summed E-state index contributed by atoms with van der Waals surface area (Å²) in [5.74, 6) is 0.373. The van der Waals surface area contributed by atoms with Gasteiger partial charge in [-0.15, -0.1) is 0 Å². The standard InChI is InChI=1S/C18H22N2O2S/c1-14(2)13-18(16-7-5-4-6-8-16)19-20-23(21,22)17-11-9-15(3)10-12-17/h4-12,14,20H,13H2,1-3H3/b19-18-. The summed E-state index contributed by atoms with van der Waals surface area (Å²) < 4.78 is 24.7. The molecule has 0 saturated heterocycles. The average molecular weight is 330 g/mol. The van der Waals surface area contributed by atoms with Crippen molar-refractivity contribution in [1.82, 2.24) is 4.83 Å². The molecule has 0 bridgehead atoms. The highest BCUT2D eigenvalue weighted by atomic mass is 32.2. The summed E-state index contributed by atoms with van der Waals surface area (Å²) in [4.78, 5) is 2.57. The fourth-order valence-corrected chi connectivity index (χ4v) is 2.96. The van der Waals surface area contributed by atoms with E-state index in [4.69, 9.17) is 0 Å². The number of sulfonamides is 1. The monoisotopic (exact) mass is 330 g/mol. The predicted molar refractivity (Wildman–Crippen MR) is 93.9 cm³/mol. The molecule has 5 heteroatoms. The van der Waals surface area contributed by atoms with Crippen LogP contribution in [0.1, 0.15) is 31.4 Å². The Hall–Kier alpha value is -2.14. The van der Waals surface area contributed by atoms with Gasteiger partial charge in [0.15, 0.2) is 0 Å². The predicted octanol–water partition coefficient (Wildman–Crippen LogP) is 3.72. The minimum Gasteiger partial charge on any atom is -0.200 e. The molecule has 0 aliphatic rings. The van der Waals surface area contributed by atoms with E-state index in [2.05, 4.69) is 23.8 Å². The first-order valence-electron chi connectivity index (χ1n) is 7.59. The van der Waals surface area contributed by atoms with Gasteiger partial charge in [0.1, 0.15) is 0 Å². The molecular formula is C18H22N2O2S. The first kappa shape index (κ1) is 17.2. The van der Waals surface area contributed by atoms with Crippen LogP contribution < -0.4 is 4.83 Å². The van der Waals surface area contributed by atoms with E-state index in [-0.39, 0.29) is 4.90 Å².